The molecule has 0 aliphatic rings. The molecular formula is C27H30Cl2N6O3. The molecule has 1 unspecified atom stereocenters. The first-order valence-electron chi connectivity index (χ1n) is 12.2. The summed E-state index contributed by atoms with van der Waals surface area (Å²) in [4.78, 5) is 24.6. The van der Waals surface area contributed by atoms with Crippen molar-refractivity contribution in [3.8, 4) is 17.1 Å². The minimum Gasteiger partial charge on any atom is -0.489 e. The van der Waals surface area contributed by atoms with E-state index < -0.39 is 6.10 Å². The number of halogens is 2. The number of carbonyl (C=O) groups excluding carboxylic acids is 1. The van der Waals surface area contributed by atoms with Crippen LogP contribution >= 0.6 is 23.2 Å². The second kappa shape index (κ2) is 12.1. The second-order valence-corrected chi connectivity index (χ2v) is 9.80. The van der Waals surface area contributed by atoms with Gasteiger partial charge in [0.2, 0.25) is 0 Å². The van der Waals surface area contributed by atoms with Gasteiger partial charge < -0.3 is 20.1 Å². The summed E-state index contributed by atoms with van der Waals surface area (Å²) in [6, 6.07) is 10.3. The monoisotopic (exact) mass is 556 g/mol. The van der Waals surface area contributed by atoms with Crippen molar-refractivity contribution in [2.75, 3.05) is 27.2 Å². The topological polar surface area (TPSA) is 105 Å². The molecule has 0 spiro atoms. The van der Waals surface area contributed by atoms with Crippen LogP contribution in [0.3, 0.4) is 0 Å². The number of benzene rings is 2. The molecule has 0 saturated carbocycles. The SMILES string of the molecule is CCn1ncc(CN(C)C(=O)c2nc(-c3ccc(OCC(O)CNC)c(Cl)c3)nc3ccc(Cl)cc23)c1C. The number of carbonyl (C=O) groups is 1. The molecule has 9 nitrogen and oxygen atoms in total. The Labute approximate surface area is 231 Å². The minimum absolute atomic E-state index is 0.0920. The molecule has 2 aromatic carbocycles. The van der Waals surface area contributed by atoms with Crippen LogP contribution in [0.5, 0.6) is 5.75 Å². The van der Waals surface area contributed by atoms with E-state index >= 15 is 0 Å². The van der Waals surface area contributed by atoms with Crippen LogP contribution in [-0.2, 0) is 13.1 Å². The van der Waals surface area contributed by atoms with E-state index in [1.807, 2.05) is 18.5 Å². The zero-order valence-corrected chi connectivity index (χ0v) is 23.2. The molecule has 0 radical (unpaired) electrons. The Hall–Kier alpha value is -3.24. The maximum Gasteiger partial charge on any atom is 0.273 e. The van der Waals surface area contributed by atoms with Crippen molar-refractivity contribution in [3.05, 3.63) is 69.6 Å². The van der Waals surface area contributed by atoms with Crippen LogP contribution in [0.2, 0.25) is 10.0 Å². The summed E-state index contributed by atoms with van der Waals surface area (Å²) < 4.78 is 7.54. The number of hydrogen-bond acceptors (Lipinski definition) is 7. The number of ether oxygens (including phenoxy) is 1. The molecule has 0 aliphatic heterocycles. The number of aliphatic hydroxyl groups is 1. The fourth-order valence-electron chi connectivity index (χ4n) is 4.10. The third-order valence-electron chi connectivity index (χ3n) is 6.18. The van der Waals surface area contributed by atoms with Crippen LogP contribution in [0.25, 0.3) is 22.3 Å². The van der Waals surface area contributed by atoms with Crippen molar-refractivity contribution in [2.24, 2.45) is 0 Å². The van der Waals surface area contributed by atoms with Crippen molar-refractivity contribution < 1.29 is 14.6 Å². The number of aromatic nitrogens is 4. The van der Waals surface area contributed by atoms with Gasteiger partial charge in [-0.25, -0.2) is 9.97 Å². The number of likely N-dealkylation sites (N-methyl/N-ethyl adjacent to an activating group) is 1. The summed E-state index contributed by atoms with van der Waals surface area (Å²) in [6.07, 6.45) is 1.11. The smallest absolute Gasteiger partial charge is 0.273 e. The van der Waals surface area contributed by atoms with Gasteiger partial charge >= 0.3 is 0 Å². The highest BCUT2D eigenvalue weighted by Gasteiger charge is 2.21. The summed E-state index contributed by atoms with van der Waals surface area (Å²) in [6.45, 7) is 5.63. The first-order valence-corrected chi connectivity index (χ1v) is 13.0. The van der Waals surface area contributed by atoms with Gasteiger partial charge in [-0.2, -0.15) is 5.10 Å². The number of amides is 1. The molecule has 11 heteroatoms. The standard InChI is InChI=1S/C27H30Cl2N6O3/c1-5-35-16(2)18(12-31-35)14-34(4)27(37)25-21-11-19(28)7-8-23(21)32-26(33-25)17-6-9-24(22(29)10-17)38-15-20(36)13-30-3/h6-12,20,30,36H,5,13-15H2,1-4H3. The lowest BCUT2D eigenvalue weighted by Gasteiger charge is -2.18. The molecule has 200 valence electrons. The van der Waals surface area contributed by atoms with Crippen molar-refractivity contribution in [1.29, 1.82) is 0 Å². The Kier molecular flexibility index (Phi) is 8.83. The van der Waals surface area contributed by atoms with Gasteiger partial charge in [-0.3, -0.25) is 9.48 Å². The summed E-state index contributed by atoms with van der Waals surface area (Å²) in [5, 5.41) is 18.5. The molecule has 2 heterocycles. The van der Waals surface area contributed by atoms with E-state index in [-0.39, 0.29) is 18.2 Å². The third kappa shape index (κ3) is 6.07. The number of hydrogen-bond donors (Lipinski definition) is 2. The maximum absolute atomic E-state index is 13.7. The van der Waals surface area contributed by atoms with E-state index in [9.17, 15) is 9.90 Å². The van der Waals surface area contributed by atoms with Gasteiger partial charge in [0.1, 0.15) is 24.2 Å². The average Bonchev–Trinajstić information content (AvgIpc) is 3.25. The van der Waals surface area contributed by atoms with Crippen LogP contribution in [0.1, 0.15) is 28.7 Å². The summed E-state index contributed by atoms with van der Waals surface area (Å²) in [7, 11) is 3.48. The zero-order chi connectivity index (χ0) is 27.4. The van der Waals surface area contributed by atoms with Gasteiger partial charge in [0.25, 0.3) is 5.91 Å². The van der Waals surface area contributed by atoms with Crippen LogP contribution in [0, 0.1) is 6.92 Å². The van der Waals surface area contributed by atoms with Crippen molar-refractivity contribution in [3.63, 3.8) is 0 Å². The Morgan fingerprint density at radius 3 is 2.68 bits per heavy atom. The predicted octanol–water partition coefficient (Wildman–Crippen LogP) is 4.36. The van der Waals surface area contributed by atoms with Crippen molar-refractivity contribution >= 4 is 40.0 Å². The largest absolute Gasteiger partial charge is 0.489 e. The molecule has 4 aromatic rings. The number of aryl methyl sites for hydroxylation is 1. The lowest BCUT2D eigenvalue weighted by atomic mass is 10.1. The normalized spacial score (nSPS) is 12.1. The molecule has 0 saturated heterocycles. The number of rotatable bonds is 10. The number of fused-ring (bicyclic) bond motifs is 1. The average molecular weight is 557 g/mol. The highest BCUT2D eigenvalue weighted by molar-refractivity contribution is 6.32. The molecular weight excluding hydrogens is 527 g/mol. The maximum atomic E-state index is 13.7. The number of nitrogens with one attached hydrogen (secondary N) is 1. The second-order valence-electron chi connectivity index (χ2n) is 8.96. The number of nitrogens with zero attached hydrogens (tertiary/aromatic N) is 5. The van der Waals surface area contributed by atoms with Crippen molar-refractivity contribution in [2.45, 2.75) is 33.0 Å². The molecule has 38 heavy (non-hydrogen) atoms. The number of aliphatic hydroxyl groups excluding tert-OH is 1. The quantitative estimate of drug-likeness (QED) is 0.299. The van der Waals surface area contributed by atoms with Gasteiger partial charge in [0, 0.05) is 53.9 Å². The van der Waals surface area contributed by atoms with E-state index in [1.54, 1.807) is 61.6 Å². The van der Waals surface area contributed by atoms with Crippen LogP contribution in [0.15, 0.2) is 42.6 Å². The summed E-state index contributed by atoms with van der Waals surface area (Å²) in [5.41, 5.74) is 3.41. The Bertz CT molecular complexity index is 1460. The summed E-state index contributed by atoms with van der Waals surface area (Å²) in [5.74, 6) is 0.501. The molecule has 2 N–H and O–H groups in total. The van der Waals surface area contributed by atoms with Crippen molar-refractivity contribution in [1.82, 2.24) is 30.0 Å². The van der Waals surface area contributed by atoms with Gasteiger partial charge in [-0.1, -0.05) is 23.2 Å². The molecule has 2 aromatic heterocycles. The van der Waals surface area contributed by atoms with Crippen LogP contribution < -0.4 is 10.1 Å². The lowest BCUT2D eigenvalue weighted by Crippen LogP contribution is -2.29. The zero-order valence-electron chi connectivity index (χ0n) is 21.7. The van der Waals surface area contributed by atoms with Crippen LogP contribution in [0.4, 0.5) is 0 Å². The Balaban J connectivity index is 1.67. The van der Waals surface area contributed by atoms with Crippen LogP contribution in [-0.4, -0.2) is 69.0 Å². The van der Waals surface area contributed by atoms with Gasteiger partial charge in [-0.15, -0.1) is 0 Å². The third-order valence-corrected chi connectivity index (χ3v) is 6.71. The Morgan fingerprint density at radius 2 is 2.00 bits per heavy atom. The molecule has 0 bridgehead atoms. The van der Waals surface area contributed by atoms with E-state index in [0.29, 0.717) is 51.2 Å². The van der Waals surface area contributed by atoms with E-state index in [2.05, 4.69) is 20.4 Å². The minimum atomic E-state index is -0.669. The highest BCUT2D eigenvalue weighted by Crippen LogP contribution is 2.31. The first kappa shape index (κ1) is 27.8. The lowest BCUT2D eigenvalue weighted by molar-refractivity contribution is 0.0781. The summed E-state index contributed by atoms with van der Waals surface area (Å²) >= 11 is 12.7. The molecule has 1 atom stereocenters. The van der Waals surface area contributed by atoms with Gasteiger partial charge in [-0.05, 0) is 57.3 Å². The van der Waals surface area contributed by atoms with Gasteiger partial charge in [0.15, 0.2) is 5.82 Å². The fourth-order valence-corrected chi connectivity index (χ4v) is 4.50. The fraction of sp³-hybridized carbons (Fsp3) is 0.333. The Morgan fingerprint density at radius 1 is 1.21 bits per heavy atom. The molecule has 4 rings (SSSR count). The predicted molar refractivity (Wildman–Crippen MR) is 149 cm³/mol. The van der Waals surface area contributed by atoms with E-state index in [0.717, 1.165) is 17.8 Å². The van der Waals surface area contributed by atoms with E-state index in [1.165, 1.54) is 0 Å². The molecule has 1 amide bonds. The first-order chi connectivity index (χ1) is 18.2. The molecule has 0 fully saturated rings. The highest BCUT2D eigenvalue weighted by atomic mass is 35.5. The van der Waals surface area contributed by atoms with E-state index in [4.69, 9.17) is 27.9 Å². The van der Waals surface area contributed by atoms with Gasteiger partial charge in [0.05, 0.1) is 16.7 Å². The molecule has 0 aliphatic carbocycles.